The van der Waals surface area contributed by atoms with Crippen LogP contribution in [0.1, 0.15) is 16.6 Å². The number of fused-ring (bicyclic) bond motifs is 3. The summed E-state index contributed by atoms with van der Waals surface area (Å²) >= 11 is 0. The Labute approximate surface area is 174 Å². The van der Waals surface area contributed by atoms with Crippen LogP contribution in [0.5, 0.6) is 0 Å². The van der Waals surface area contributed by atoms with Gasteiger partial charge in [0.25, 0.3) is 5.82 Å². The van der Waals surface area contributed by atoms with Gasteiger partial charge in [-0.15, -0.1) is 0 Å². The van der Waals surface area contributed by atoms with Gasteiger partial charge in [0, 0.05) is 16.4 Å². The normalized spacial score (nSPS) is 15.6. The van der Waals surface area contributed by atoms with Crippen molar-refractivity contribution >= 4 is 35.4 Å². The van der Waals surface area contributed by atoms with E-state index in [4.69, 9.17) is 8.53 Å². The quantitative estimate of drug-likeness (QED) is 0.394. The number of hydrogen-bond donors (Lipinski definition) is 0. The molecule has 29 heavy (non-hydrogen) atoms. The zero-order valence-electron chi connectivity index (χ0n) is 19.7. The van der Waals surface area contributed by atoms with Crippen molar-refractivity contribution in [3.8, 4) is 11.1 Å². The lowest BCUT2D eigenvalue weighted by Crippen LogP contribution is -2.50. The van der Waals surface area contributed by atoms with E-state index in [9.17, 15) is 0 Å². The maximum absolute atomic E-state index is 8.10. The third kappa shape index (κ3) is 2.77. The molecule has 0 spiro atoms. The molecule has 5 heteroatoms. The Morgan fingerprint density at radius 1 is 1.17 bits per heavy atom. The third-order valence-electron chi connectivity index (χ3n) is 5.60. The Balaban J connectivity index is 1.78. The van der Waals surface area contributed by atoms with Gasteiger partial charge >= 0.3 is 6.85 Å². The lowest BCUT2D eigenvalue weighted by atomic mass is 9.61. The lowest BCUT2D eigenvalue weighted by molar-refractivity contribution is -0.658. The predicted molar refractivity (Wildman–Crippen MR) is 119 cm³/mol. The van der Waals surface area contributed by atoms with Crippen LogP contribution in [-0.2, 0) is 7.05 Å². The van der Waals surface area contributed by atoms with Gasteiger partial charge in [-0.05, 0) is 55.4 Å². The Morgan fingerprint density at radius 3 is 2.79 bits per heavy atom. The summed E-state index contributed by atoms with van der Waals surface area (Å²) < 4.78 is 32.2. The molecule has 4 aromatic rings. The van der Waals surface area contributed by atoms with Crippen molar-refractivity contribution < 1.29 is 13.1 Å². The minimum absolute atomic E-state index is 0.0106. The van der Waals surface area contributed by atoms with Crippen molar-refractivity contribution in [3.63, 3.8) is 0 Å². The van der Waals surface area contributed by atoms with Crippen molar-refractivity contribution in [1.82, 2.24) is 4.98 Å². The van der Waals surface area contributed by atoms with Gasteiger partial charge in [-0.2, -0.15) is 0 Å². The lowest BCUT2D eigenvalue weighted by Gasteiger charge is -2.24. The van der Waals surface area contributed by atoms with Crippen LogP contribution < -0.4 is 20.0 Å². The standard InChI is InChI=1S/C24H23BN3O/c1-16-15-27(4)22(13-20(16)18-9-6-5-7-10-18)28-17(2)23-19-11-8-12-26-24(19)29-21(23)14-25(28)3/h5-15H,1-4H3/q+1/i1D3. The third-order valence-corrected chi connectivity index (χ3v) is 5.60. The highest BCUT2D eigenvalue weighted by molar-refractivity contribution is 6.77. The highest BCUT2D eigenvalue weighted by Gasteiger charge is 2.34. The summed E-state index contributed by atoms with van der Waals surface area (Å²) in [5.41, 5.74) is 4.41. The minimum Gasteiger partial charge on any atom is -0.439 e. The molecular formula is C24H23BN3O+. The van der Waals surface area contributed by atoms with Crippen LogP contribution in [0, 0.1) is 6.85 Å². The van der Waals surface area contributed by atoms with Crippen LogP contribution in [0.2, 0.25) is 6.82 Å². The van der Waals surface area contributed by atoms with E-state index in [1.807, 2.05) is 60.1 Å². The summed E-state index contributed by atoms with van der Waals surface area (Å²) in [4.78, 5) is 6.59. The van der Waals surface area contributed by atoms with Crippen molar-refractivity contribution in [2.24, 2.45) is 7.05 Å². The molecule has 1 aliphatic rings. The molecule has 0 fully saturated rings. The molecule has 5 rings (SSSR count). The number of pyridine rings is 2. The smallest absolute Gasteiger partial charge is 0.405 e. The second-order valence-electron chi connectivity index (χ2n) is 7.50. The molecule has 1 aromatic carbocycles. The summed E-state index contributed by atoms with van der Waals surface area (Å²) in [6.45, 7) is 1.97. The zero-order valence-corrected chi connectivity index (χ0v) is 16.7. The van der Waals surface area contributed by atoms with E-state index in [-0.39, 0.29) is 6.85 Å². The second kappa shape index (κ2) is 6.62. The van der Waals surface area contributed by atoms with Crippen LogP contribution in [0.25, 0.3) is 33.9 Å². The van der Waals surface area contributed by atoms with Gasteiger partial charge in [-0.1, -0.05) is 30.3 Å². The number of anilines is 1. The number of hydrogen-bond acceptors (Lipinski definition) is 3. The van der Waals surface area contributed by atoms with Gasteiger partial charge in [0.05, 0.1) is 29.5 Å². The van der Waals surface area contributed by atoms with Crippen molar-refractivity contribution in [2.75, 3.05) is 4.81 Å². The first-order chi connectivity index (χ1) is 15.3. The average Bonchev–Trinajstić information content (AvgIpc) is 3.12. The maximum Gasteiger partial charge on any atom is 0.405 e. The molecule has 0 aliphatic carbocycles. The van der Waals surface area contributed by atoms with Gasteiger partial charge < -0.3 is 4.42 Å². The molecule has 0 N–H and O–H groups in total. The summed E-state index contributed by atoms with van der Waals surface area (Å²) in [6, 6.07) is 15.6. The Hall–Kier alpha value is -3.34. The number of furan rings is 1. The van der Waals surface area contributed by atoms with E-state index < -0.39 is 6.85 Å². The molecule has 142 valence electrons. The van der Waals surface area contributed by atoms with E-state index in [1.54, 1.807) is 12.4 Å². The molecule has 0 amide bonds. The fourth-order valence-electron chi connectivity index (χ4n) is 4.27. The minimum atomic E-state index is -2.22. The molecule has 3 aromatic heterocycles. The second-order valence-corrected chi connectivity index (χ2v) is 7.50. The van der Waals surface area contributed by atoms with Crippen LogP contribution in [0.15, 0.2) is 65.3 Å². The number of benzene rings is 1. The molecule has 1 aliphatic heterocycles. The van der Waals surface area contributed by atoms with E-state index in [0.717, 1.165) is 33.1 Å². The molecule has 0 saturated carbocycles. The van der Waals surface area contributed by atoms with E-state index in [2.05, 4.69) is 29.5 Å². The molecule has 4 nitrogen and oxygen atoms in total. The van der Waals surface area contributed by atoms with Crippen LogP contribution in [-0.4, -0.2) is 11.8 Å². The predicted octanol–water partition coefficient (Wildman–Crippen LogP) is 3.22. The molecule has 0 bridgehead atoms. The number of nitrogens with zero attached hydrogens (tertiary/aromatic N) is 3. The number of rotatable bonds is 2. The highest BCUT2D eigenvalue weighted by Crippen LogP contribution is 2.28. The largest absolute Gasteiger partial charge is 0.439 e. The van der Waals surface area contributed by atoms with Gasteiger partial charge in [0.1, 0.15) is 5.42 Å². The van der Waals surface area contributed by atoms with Gasteiger partial charge in [-0.3, -0.25) is 4.81 Å². The molecule has 0 saturated heterocycles. The average molecular weight is 383 g/mol. The highest BCUT2D eigenvalue weighted by atomic mass is 16.3. The van der Waals surface area contributed by atoms with Crippen molar-refractivity contribution in [1.29, 1.82) is 0 Å². The Morgan fingerprint density at radius 2 is 2.00 bits per heavy atom. The van der Waals surface area contributed by atoms with E-state index >= 15 is 0 Å². The maximum atomic E-state index is 8.10. The summed E-state index contributed by atoms with van der Waals surface area (Å²) in [6.07, 6.45) is 3.46. The molecule has 0 unspecified atom stereocenters. The molecule has 0 atom stereocenters. The van der Waals surface area contributed by atoms with Crippen LogP contribution in [0.4, 0.5) is 5.82 Å². The summed E-state index contributed by atoms with van der Waals surface area (Å²) in [5.74, 6) is 2.99. The fraction of sp³-hybridized carbons (Fsp3) is 0.167. The van der Waals surface area contributed by atoms with E-state index in [1.165, 1.54) is 0 Å². The first-order valence-corrected chi connectivity index (χ1v) is 9.71. The molecular weight excluding hydrogens is 357 g/mol. The number of aryl methyl sites for hydroxylation is 2. The van der Waals surface area contributed by atoms with Crippen LogP contribution >= 0.6 is 0 Å². The monoisotopic (exact) mass is 383 g/mol. The van der Waals surface area contributed by atoms with E-state index in [0.29, 0.717) is 16.8 Å². The Bertz CT molecular complexity index is 1460. The fourth-order valence-corrected chi connectivity index (χ4v) is 4.27. The first kappa shape index (κ1) is 14.6. The zero-order chi connectivity index (χ0) is 22.6. The summed E-state index contributed by atoms with van der Waals surface area (Å²) in [7, 11) is 1.89. The molecule has 0 radical (unpaired) electrons. The van der Waals surface area contributed by atoms with Crippen LogP contribution in [0.3, 0.4) is 0 Å². The Kier molecular flexibility index (Phi) is 3.34. The van der Waals surface area contributed by atoms with Gasteiger partial charge in [-0.25, -0.2) is 9.55 Å². The van der Waals surface area contributed by atoms with Gasteiger partial charge in [0.2, 0.25) is 5.71 Å². The number of aromatic nitrogens is 2. The topological polar surface area (TPSA) is 33.2 Å². The van der Waals surface area contributed by atoms with Crippen molar-refractivity contribution in [2.45, 2.75) is 20.6 Å². The van der Waals surface area contributed by atoms with Gasteiger partial charge in [0.15, 0.2) is 0 Å². The SMILES string of the molecule is [2H]C([2H])([2H])c1c[n+](C)c(N2B(C)C=c3oc4ncccc4c3=C2C)cc1-c1ccccc1. The summed E-state index contributed by atoms with van der Waals surface area (Å²) in [5, 5.41) is 1.99. The van der Waals surface area contributed by atoms with Crippen molar-refractivity contribution in [3.05, 3.63) is 77.1 Å². The first-order valence-electron chi connectivity index (χ1n) is 11.2. The molecule has 4 heterocycles.